The summed E-state index contributed by atoms with van der Waals surface area (Å²) in [4.78, 5) is 22.6. The van der Waals surface area contributed by atoms with Gasteiger partial charge in [-0.15, -0.1) is 0 Å². The minimum atomic E-state index is -1.02. The first-order chi connectivity index (χ1) is 9.40. The van der Waals surface area contributed by atoms with E-state index in [0.717, 1.165) is 0 Å². The monoisotopic (exact) mass is 280 g/mol. The van der Waals surface area contributed by atoms with Gasteiger partial charge < -0.3 is 20.5 Å². The highest BCUT2D eigenvalue weighted by molar-refractivity contribution is 5.94. The molecule has 2 amide bonds. The topological polar surface area (TPSA) is 87.7 Å². The number of carbonyl (C=O) groups is 2. The first-order valence-electron chi connectivity index (χ1n) is 6.40. The van der Waals surface area contributed by atoms with Gasteiger partial charge in [-0.1, -0.05) is 6.07 Å². The van der Waals surface area contributed by atoms with Gasteiger partial charge in [-0.2, -0.15) is 0 Å². The number of urea groups is 1. The molecule has 0 atom stereocenters. The molecule has 3 N–H and O–H groups in total. The molecule has 1 aromatic carbocycles. The van der Waals surface area contributed by atoms with Gasteiger partial charge in [0.05, 0.1) is 18.3 Å². The van der Waals surface area contributed by atoms with E-state index in [-0.39, 0.29) is 11.7 Å². The van der Waals surface area contributed by atoms with Gasteiger partial charge >= 0.3 is 12.0 Å². The summed E-state index contributed by atoms with van der Waals surface area (Å²) in [5, 5.41) is 14.2. The average Bonchev–Trinajstić information content (AvgIpc) is 2.36. The maximum absolute atomic E-state index is 11.6. The average molecular weight is 280 g/mol. The van der Waals surface area contributed by atoms with Gasteiger partial charge in [-0.25, -0.2) is 9.59 Å². The van der Waals surface area contributed by atoms with Crippen LogP contribution >= 0.6 is 0 Å². The van der Waals surface area contributed by atoms with E-state index in [1.807, 2.05) is 13.8 Å². The van der Waals surface area contributed by atoms with Crippen LogP contribution in [0.5, 0.6) is 0 Å². The van der Waals surface area contributed by atoms with Crippen molar-refractivity contribution in [1.82, 2.24) is 5.32 Å². The minimum Gasteiger partial charge on any atom is -0.478 e. The number of ether oxygens (including phenoxy) is 1. The summed E-state index contributed by atoms with van der Waals surface area (Å²) in [7, 11) is 0. The Kier molecular flexibility index (Phi) is 5.99. The first kappa shape index (κ1) is 16.0. The fourth-order valence-corrected chi connectivity index (χ4v) is 1.56. The number of carboxylic acids is 1. The molecule has 1 rings (SSSR count). The lowest BCUT2D eigenvalue weighted by Gasteiger charge is -2.10. The van der Waals surface area contributed by atoms with Crippen molar-refractivity contribution in [2.45, 2.75) is 26.9 Å². The summed E-state index contributed by atoms with van der Waals surface area (Å²) in [6, 6.07) is 4.35. The van der Waals surface area contributed by atoms with Crippen LogP contribution in [0.2, 0.25) is 0 Å². The number of carboxylic acid groups (broad SMARTS) is 1. The molecule has 0 spiro atoms. The van der Waals surface area contributed by atoms with Crippen LogP contribution in [0.25, 0.3) is 0 Å². The standard InChI is InChI=1S/C14H20N2O4/c1-9(2)20-7-6-15-14(19)16-11-5-4-10(3)12(8-11)13(17)18/h4-5,8-9H,6-7H2,1-3H3,(H,17,18)(H2,15,16,19). The van der Waals surface area contributed by atoms with Crippen LogP contribution in [0.3, 0.4) is 0 Å². The molecule has 0 bridgehead atoms. The van der Waals surface area contributed by atoms with E-state index < -0.39 is 12.0 Å². The molecule has 6 heteroatoms. The van der Waals surface area contributed by atoms with Crippen LogP contribution in [-0.2, 0) is 4.74 Å². The fourth-order valence-electron chi connectivity index (χ4n) is 1.56. The predicted octanol–water partition coefficient (Wildman–Crippen LogP) is 2.24. The van der Waals surface area contributed by atoms with Gasteiger partial charge in [-0.05, 0) is 38.5 Å². The molecule has 0 saturated carbocycles. The highest BCUT2D eigenvalue weighted by atomic mass is 16.5. The van der Waals surface area contributed by atoms with Crippen molar-refractivity contribution in [2.75, 3.05) is 18.5 Å². The SMILES string of the molecule is Cc1ccc(NC(=O)NCCOC(C)C)cc1C(=O)O. The number of anilines is 1. The van der Waals surface area contributed by atoms with E-state index in [2.05, 4.69) is 10.6 Å². The molecule has 1 aromatic rings. The van der Waals surface area contributed by atoms with Crippen LogP contribution in [-0.4, -0.2) is 36.4 Å². The van der Waals surface area contributed by atoms with E-state index in [0.29, 0.717) is 24.4 Å². The van der Waals surface area contributed by atoms with E-state index in [1.165, 1.54) is 6.07 Å². The van der Waals surface area contributed by atoms with Gasteiger partial charge in [0.25, 0.3) is 0 Å². The molecule has 0 aliphatic heterocycles. The Morgan fingerprint density at radius 3 is 2.65 bits per heavy atom. The van der Waals surface area contributed by atoms with Gasteiger partial charge in [-0.3, -0.25) is 0 Å². The minimum absolute atomic E-state index is 0.120. The third kappa shape index (κ3) is 5.27. The fraction of sp³-hybridized carbons (Fsp3) is 0.429. The van der Waals surface area contributed by atoms with Gasteiger partial charge in [0.2, 0.25) is 0 Å². The zero-order valence-electron chi connectivity index (χ0n) is 11.9. The predicted molar refractivity (Wildman–Crippen MR) is 76.2 cm³/mol. The van der Waals surface area contributed by atoms with Crippen molar-refractivity contribution in [3.8, 4) is 0 Å². The summed E-state index contributed by atoms with van der Waals surface area (Å²) in [5.41, 5.74) is 1.26. The molecule has 110 valence electrons. The molecule has 0 radical (unpaired) electrons. The molecular weight excluding hydrogens is 260 g/mol. The normalized spacial score (nSPS) is 10.4. The number of aromatic carboxylic acids is 1. The number of hydrogen-bond acceptors (Lipinski definition) is 3. The smallest absolute Gasteiger partial charge is 0.336 e. The van der Waals surface area contributed by atoms with Crippen LogP contribution in [0.4, 0.5) is 10.5 Å². The van der Waals surface area contributed by atoms with Gasteiger partial charge in [0, 0.05) is 12.2 Å². The van der Waals surface area contributed by atoms with Crippen LogP contribution in [0.15, 0.2) is 18.2 Å². The van der Waals surface area contributed by atoms with Crippen molar-refractivity contribution in [3.63, 3.8) is 0 Å². The second kappa shape index (κ2) is 7.49. The zero-order valence-corrected chi connectivity index (χ0v) is 11.9. The first-order valence-corrected chi connectivity index (χ1v) is 6.40. The van der Waals surface area contributed by atoms with Gasteiger partial charge in [0.15, 0.2) is 0 Å². The molecule has 0 aliphatic carbocycles. The van der Waals surface area contributed by atoms with Crippen molar-refractivity contribution >= 4 is 17.7 Å². The van der Waals surface area contributed by atoms with E-state index in [1.54, 1.807) is 19.1 Å². The summed E-state index contributed by atoms with van der Waals surface area (Å²) >= 11 is 0. The van der Waals surface area contributed by atoms with Crippen molar-refractivity contribution in [1.29, 1.82) is 0 Å². The van der Waals surface area contributed by atoms with Crippen molar-refractivity contribution < 1.29 is 19.4 Å². The molecule has 0 aromatic heterocycles. The maximum atomic E-state index is 11.6. The molecule has 0 fully saturated rings. The quantitative estimate of drug-likeness (QED) is 0.697. The zero-order chi connectivity index (χ0) is 15.1. The Hall–Kier alpha value is -2.08. The summed E-state index contributed by atoms with van der Waals surface area (Å²) < 4.78 is 5.29. The molecule has 0 unspecified atom stereocenters. The molecule has 0 saturated heterocycles. The molecule has 0 aliphatic rings. The number of rotatable bonds is 6. The Balaban J connectivity index is 2.50. The van der Waals surface area contributed by atoms with E-state index in [4.69, 9.17) is 9.84 Å². The number of hydrogen-bond donors (Lipinski definition) is 3. The Bertz CT molecular complexity index is 486. The van der Waals surface area contributed by atoms with E-state index in [9.17, 15) is 9.59 Å². The Labute approximate surface area is 118 Å². The summed E-state index contributed by atoms with van der Waals surface area (Å²) in [6.07, 6.45) is 0.120. The third-order valence-corrected chi connectivity index (χ3v) is 2.56. The lowest BCUT2D eigenvalue weighted by Crippen LogP contribution is -2.32. The van der Waals surface area contributed by atoms with Crippen molar-refractivity contribution in [3.05, 3.63) is 29.3 Å². The Morgan fingerprint density at radius 2 is 2.05 bits per heavy atom. The number of aryl methyl sites for hydroxylation is 1. The summed E-state index contributed by atoms with van der Waals surface area (Å²) in [5.74, 6) is -1.02. The highest BCUT2D eigenvalue weighted by Crippen LogP contribution is 2.15. The van der Waals surface area contributed by atoms with E-state index >= 15 is 0 Å². The lowest BCUT2D eigenvalue weighted by molar-refractivity contribution is 0.0696. The molecule has 0 heterocycles. The molecule has 20 heavy (non-hydrogen) atoms. The van der Waals surface area contributed by atoms with Crippen LogP contribution in [0, 0.1) is 6.92 Å². The van der Waals surface area contributed by atoms with Crippen molar-refractivity contribution in [2.24, 2.45) is 0 Å². The second-order valence-corrected chi connectivity index (χ2v) is 4.64. The maximum Gasteiger partial charge on any atom is 0.336 e. The number of benzene rings is 1. The van der Waals surface area contributed by atoms with Crippen LogP contribution < -0.4 is 10.6 Å². The number of nitrogens with one attached hydrogen (secondary N) is 2. The number of carbonyl (C=O) groups excluding carboxylic acids is 1. The largest absolute Gasteiger partial charge is 0.478 e. The molecular formula is C14H20N2O4. The number of amides is 2. The lowest BCUT2D eigenvalue weighted by atomic mass is 10.1. The summed E-state index contributed by atoms with van der Waals surface area (Å²) in [6.45, 7) is 6.36. The van der Waals surface area contributed by atoms with Gasteiger partial charge in [0.1, 0.15) is 0 Å². The highest BCUT2D eigenvalue weighted by Gasteiger charge is 2.09. The molecule has 6 nitrogen and oxygen atoms in total. The second-order valence-electron chi connectivity index (χ2n) is 4.64. The third-order valence-electron chi connectivity index (χ3n) is 2.56. The Morgan fingerprint density at radius 1 is 1.35 bits per heavy atom. The van der Waals surface area contributed by atoms with Crippen LogP contribution in [0.1, 0.15) is 29.8 Å².